The van der Waals surface area contributed by atoms with Crippen LogP contribution in [0.3, 0.4) is 0 Å². The van der Waals surface area contributed by atoms with Gasteiger partial charge in [0.05, 0.1) is 18.2 Å². The SMILES string of the molecule is COc1cc2nccc(Oc3ccc(NC(=O)Nc4ccc(F)cc4)cc3)c2cc1C(N)=O. The molecule has 1 heterocycles. The average molecular weight is 446 g/mol. The van der Waals surface area contributed by atoms with Crippen LogP contribution in [0, 0.1) is 5.82 Å². The van der Waals surface area contributed by atoms with Crippen LogP contribution < -0.4 is 25.8 Å². The molecule has 0 atom stereocenters. The minimum absolute atomic E-state index is 0.217. The molecule has 0 aliphatic rings. The van der Waals surface area contributed by atoms with Crippen LogP contribution in [0.5, 0.6) is 17.2 Å². The molecule has 8 nitrogen and oxygen atoms in total. The minimum Gasteiger partial charge on any atom is -0.496 e. The summed E-state index contributed by atoms with van der Waals surface area (Å²) in [5.41, 5.74) is 7.24. The van der Waals surface area contributed by atoms with Crippen molar-refractivity contribution in [1.82, 2.24) is 4.98 Å². The van der Waals surface area contributed by atoms with Crippen molar-refractivity contribution in [3.63, 3.8) is 0 Å². The molecular weight excluding hydrogens is 427 g/mol. The van der Waals surface area contributed by atoms with Crippen molar-refractivity contribution in [3.8, 4) is 17.2 Å². The van der Waals surface area contributed by atoms with E-state index in [-0.39, 0.29) is 11.4 Å². The Kier molecular flexibility index (Phi) is 6.03. The lowest BCUT2D eigenvalue weighted by Gasteiger charge is -2.12. The molecule has 4 N–H and O–H groups in total. The van der Waals surface area contributed by atoms with Gasteiger partial charge in [-0.3, -0.25) is 9.78 Å². The number of anilines is 2. The highest BCUT2D eigenvalue weighted by atomic mass is 19.1. The molecule has 1 aromatic heterocycles. The fraction of sp³-hybridized carbons (Fsp3) is 0.0417. The number of carbonyl (C=O) groups is 2. The van der Waals surface area contributed by atoms with Gasteiger partial charge in [-0.05, 0) is 60.7 Å². The first-order valence-electron chi connectivity index (χ1n) is 9.81. The Morgan fingerprint density at radius 2 is 1.55 bits per heavy atom. The molecule has 0 bridgehead atoms. The van der Waals surface area contributed by atoms with Gasteiger partial charge in [-0.2, -0.15) is 0 Å². The lowest BCUT2D eigenvalue weighted by Crippen LogP contribution is -2.19. The molecule has 3 aromatic carbocycles. The molecule has 0 unspecified atom stereocenters. The Bertz CT molecular complexity index is 1330. The number of nitrogens with one attached hydrogen (secondary N) is 2. The maximum absolute atomic E-state index is 13.0. The number of fused-ring (bicyclic) bond motifs is 1. The van der Waals surface area contributed by atoms with Crippen LogP contribution in [0.4, 0.5) is 20.6 Å². The maximum atomic E-state index is 13.0. The quantitative estimate of drug-likeness (QED) is 0.389. The molecule has 9 heteroatoms. The molecule has 4 rings (SSSR count). The molecule has 0 fully saturated rings. The van der Waals surface area contributed by atoms with Crippen molar-refractivity contribution in [2.75, 3.05) is 17.7 Å². The number of halogens is 1. The van der Waals surface area contributed by atoms with Crippen LogP contribution >= 0.6 is 0 Å². The third-order valence-corrected chi connectivity index (χ3v) is 4.73. The average Bonchev–Trinajstić information content (AvgIpc) is 2.81. The lowest BCUT2D eigenvalue weighted by molar-refractivity contribution is 0.0997. The number of methoxy groups -OCH3 is 1. The number of nitrogens with two attached hydrogens (primary N) is 1. The zero-order chi connectivity index (χ0) is 23.4. The van der Waals surface area contributed by atoms with E-state index in [9.17, 15) is 14.0 Å². The molecule has 0 saturated heterocycles. The Balaban J connectivity index is 1.49. The monoisotopic (exact) mass is 446 g/mol. The van der Waals surface area contributed by atoms with Crippen LogP contribution in [-0.4, -0.2) is 24.0 Å². The summed E-state index contributed by atoms with van der Waals surface area (Å²) in [7, 11) is 1.45. The number of ether oxygens (including phenoxy) is 2. The highest BCUT2D eigenvalue weighted by Gasteiger charge is 2.14. The number of aromatic nitrogens is 1. The zero-order valence-corrected chi connectivity index (χ0v) is 17.5. The number of primary amides is 1. The van der Waals surface area contributed by atoms with E-state index >= 15 is 0 Å². The molecule has 0 radical (unpaired) electrons. The summed E-state index contributed by atoms with van der Waals surface area (Å²) in [6.07, 6.45) is 1.58. The largest absolute Gasteiger partial charge is 0.496 e. The number of carbonyl (C=O) groups excluding carboxylic acids is 2. The highest BCUT2D eigenvalue weighted by Crippen LogP contribution is 2.33. The Morgan fingerprint density at radius 1 is 0.909 bits per heavy atom. The summed E-state index contributed by atoms with van der Waals surface area (Å²) in [4.78, 5) is 28.2. The fourth-order valence-corrected chi connectivity index (χ4v) is 3.16. The highest BCUT2D eigenvalue weighted by molar-refractivity contribution is 6.01. The maximum Gasteiger partial charge on any atom is 0.323 e. The van der Waals surface area contributed by atoms with Crippen molar-refractivity contribution >= 4 is 34.2 Å². The van der Waals surface area contributed by atoms with E-state index in [2.05, 4.69) is 15.6 Å². The van der Waals surface area contributed by atoms with Crippen molar-refractivity contribution in [3.05, 3.63) is 84.3 Å². The van der Waals surface area contributed by atoms with Crippen molar-refractivity contribution in [2.45, 2.75) is 0 Å². The number of amides is 3. The molecule has 0 aliphatic carbocycles. The van der Waals surface area contributed by atoms with Gasteiger partial charge in [0, 0.05) is 29.0 Å². The third kappa shape index (κ3) is 4.99. The van der Waals surface area contributed by atoms with Crippen LogP contribution in [0.2, 0.25) is 0 Å². The molecule has 0 aliphatic heterocycles. The second kappa shape index (κ2) is 9.23. The predicted octanol–water partition coefficient (Wildman–Crippen LogP) is 4.92. The van der Waals surface area contributed by atoms with Gasteiger partial charge in [-0.15, -0.1) is 0 Å². The third-order valence-electron chi connectivity index (χ3n) is 4.73. The van der Waals surface area contributed by atoms with E-state index < -0.39 is 11.9 Å². The number of benzene rings is 3. The normalized spacial score (nSPS) is 10.5. The topological polar surface area (TPSA) is 116 Å². The summed E-state index contributed by atoms with van der Waals surface area (Å²) in [5.74, 6) is 0.291. The van der Waals surface area contributed by atoms with Gasteiger partial charge in [-0.1, -0.05) is 0 Å². The van der Waals surface area contributed by atoms with Gasteiger partial charge in [-0.25, -0.2) is 9.18 Å². The summed E-state index contributed by atoms with van der Waals surface area (Å²) >= 11 is 0. The van der Waals surface area contributed by atoms with Crippen molar-refractivity contribution < 1.29 is 23.5 Å². The standard InChI is InChI=1S/C24H19FN4O4/c1-32-22-13-20-18(12-19(22)23(26)30)21(10-11-27-20)33-17-8-6-16(7-9-17)29-24(31)28-15-4-2-14(25)3-5-15/h2-13H,1H3,(H2,26,30)(H2,28,29,31). The molecule has 4 aromatic rings. The number of nitrogens with zero attached hydrogens (tertiary/aromatic N) is 1. The van der Waals surface area contributed by atoms with Gasteiger partial charge < -0.3 is 25.8 Å². The van der Waals surface area contributed by atoms with Crippen LogP contribution in [0.15, 0.2) is 72.9 Å². The van der Waals surface area contributed by atoms with Gasteiger partial charge in [0.1, 0.15) is 23.1 Å². The number of hydrogen-bond acceptors (Lipinski definition) is 5. The Hall–Kier alpha value is -4.66. The van der Waals surface area contributed by atoms with E-state index in [0.717, 1.165) is 0 Å². The molecule has 3 amide bonds. The van der Waals surface area contributed by atoms with Crippen LogP contribution in [0.1, 0.15) is 10.4 Å². The number of urea groups is 1. The lowest BCUT2D eigenvalue weighted by atomic mass is 10.1. The van der Waals surface area contributed by atoms with Gasteiger partial charge in [0.2, 0.25) is 0 Å². The molecule has 0 saturated carbocycles. The molecular formula is C24H19FN4O4. The summed E-state index contributed by atoms with van der Waals surface area (Å²) in [6, 6.07) is 16.5. The second-order valence-corrected chi connectivity index (χ2v) is 6.96. The van der Waals surface area contributed by atoms with E-state index in [4.69, 9.17) is 15.2 Å². The first-order chi connectivity index (χ1) is 15.9. The van der Waals surface area contributed by atoms with E-state index in [0.29, 0.717) is 39.5 Å². The summed E-state index contributed by atoms with van der Waals surface area (Å²) in [5, 5.41) is 5.89. The van der Waals surface area contributed by atoms with Gasteiger partial charge in [0.25, 0.3) is 5.91 Å². The molecule has 0 spiro atoms. The van der Waals surface area contributed by atoms with Gasteiger partial charge in [0.15, 0.2) is 0 Å². The fourth-order valence-electron chi connectivity index (χ4n) is 3.16. The smallest absolute Gasteiger partial charge is 0.323 e. The van der Waals surface area contributed by atoms with Crippen molar-refractivity contribution in [1.29, 1.82) is 0 Å². The van der Waals surface area contributed by atoms with E-state index in [1.165, 1.54) is 31.4 Å². The predicted molar refractivity (Wildman–Crippen MR) is 122 cm³/mol. The first kappa shape index (κ1) is 21.6. The van der Waals surface area contributed by atoms with Crippen molar-refractivity contribution in [2.24, 2.45) is 5.73 Å². The molecule has 166 valence electrons. The zero-order valence-electron chi connectivity index (χ0n) is 17.5. The summed E-state index contributed by atoms with van der Waals surface area (Å²) in [6.45, 7) is 0. The molecule has 33 heavy (non-hydrogen) atoms. The summed E-state index contributed by atoms with van der Waals surface area (Å²) < 4.78 is 24.2. The van der Waals surface area contributed by atoms with E-state index in [1.807, 2.05) is 0 Å². The first-order valence-corrected chi connectivity index (χ1v) is 9.81. The number of rotatable bonds is 6. The Labute approximate surface area is 188 Å². The number of pyridine rings is 1. The van der Waals surface area contributed by atoms with Gasteiger partial charge >= 0.3 is 6.03 Å². The minimum atomic E-state index is -0.627. The number of hydrogen-bond donors (Lipinski definition) is 3. The van der Waals surface area contributed by atoms with E-state index in [1.54, 1.807) is 48.7 Å². The second-order valence-electron chi connectivity index (χ2n) is 6.96. The van der Waals surface area contributed by atoms with Crippen LogP contribution in [-0.2, 0) is 0 Å². The Morgan fingerprint density at radius 3 is 2.15 bits per heavy atom. The van der Waals surface area contributed by atoms with Crippen LogP contribution in [0.25, 0.3) is 10.9 Å².